The number of hydrogen-bond donors (Lipinski definition) is 1. The fraction of sp³-hybridized carbons (Fsp3) is 0.300. The van der Waals surface area contributed by atoms with Gasteiger partial charge in [-0.1, -0.05) is 36.4 Å². The molecule has 0 unspecified atom stereocenters. The van der Waals surface area contributed by atoms with Crippen LogP contribution in [-0.2, 0) is 6.54 Å². The van der Waals surface area contributed by atoms with Crippen molar-refractivity contribution in [2.24, 2.45) is 0 Å². The van der Waals surface area contributed by atoms with Gasteiger partial charge in [0.05, 0.1) is 12.2 Å². The van der Waals surface area contributed by atoms with Crippen molar-refractivity contribution in [3.05, 3.63) is 70.0 Å². The largest absolute Gasteiger partial charge is 0.410 e. The number of benzene rings is 1. The number of anilines is 1. The quantitative estimate of drug-likeness (QED) is 0.655. The van der Waals surface area contributed by atoms with Gasteiger partial charge >= 0.3 is 6.18 Å². The Morgan fingerprint density at radius 1 is 1.28 bits per heavy atom. The lowest BCUT2D eigenvalue weighted by Crippen LogP contribution is -2.36. The molecule has 1 aliphatic rings. The van der Waals surface area contributed by atoms with E-state index in [4.69, 9.17) is 0 Å². The third kappa shape index (κ3) is 3.87. The molecule has 0 saturated carbocycles. The topological polar surface area (TPSA) is 50.2 Å². The van der Waals surface area contributed by atoms with E-state index in [9.17, 15) is 18.0 Å². The van der Waals surface area contributed by atoms with E-state index in [0.717, 1.165) is 15.1 Å². The third-order valence-corrected chi connectivity index (χ3v) is 5.95. The van der Waals surface area contributed by atoms with Crippen molar-refractivity contribution in [2.75, 3.05) is 12.4 Å². The Bertz CT molecular complexity index is 985. The SMILES string of the molecule is CN(Cc1ccccc1)C(=O)c1cnn2c1N[C@H](c1cccs1)C[C@@H]2C(F)(F)F. The lowest BCUT2D eigenvalue weighted by Gasteiger charge is -2.33. The van der Waals surface area contributed by atoms with Crippen molar-refractivity contribution in [1.82, 2.24) is 14.7 Å². The van der Waals surface area contributed by atoms with E-state index in [2.05, 4.69) is 10.4 Å². The molecular weight excluding hydrogens is 401 g/mol. The number of thiophene rings is 1. The Balaban J connectivity index is 1.65. The summed E-state index contributed by atoms with van der Waals surface area (Å²) in [5.41, 5.74) is 1.07. The molecule has 5 nitrogen and oxygen atoms in total. The lowest BCUT2D eigenvalue weighted by atomic mass is 10.0. The second kappa shape index (κ2) is 7.55. The molecule has 3 heterocycles. The number of hydrogen-bond acceptors (Lipinski definition) is 4. The zero-order valence-electron chi connectivity index (χ0n) is 15.6. The zero-order chi connectivity index (χ0) is 20.6. The molecule has 2 aromatic heterocycles. The van der Waals surface area contributed by atoms with E-state index in [1.165, 1.54) is 22.4 Å². The van der Waals surface area contributed by atoms with Gasteiger partial charge < -0.3 is 10.2 Å². The number of rotatable bonds is 4. The summed E-state index contributed by atoms with van der Waals surface area (Å²) in [6, 6.07) is 10.7. The molecule has 0 radical (unpaired) electrons. The molecule has 1 aliphatic heterocycles. The molecule has 9 heteroatoms. The third-order valence-electron chi connectivity index (χ3n) is 4.96. The number of carbonyl (C=O) groups is 1. The first-order valence-corrected chi connectivity index (χ1v) is 9.96. The molecule has 0 aliphatic carbocycles. The van der Waals surface area contributed by atoms with Crippen molar-refractivity contribution in [3.63, 3.8) is 0 Å². The van der Waals surface area contributed by atoms with Crippen molar-refractivity contribution >= 4 is 23.1 Å². The predicted octanol–water partition coefficient (Wildman–Crippen LogP) is 4.88. The van der Waals surface area contributed by atoms with E-state index < -0.39 is 18.3 Å². The van der Waals surface area contributed by atoms with Crippen LogP contribution in [0.5, 0.6) is 0 Å². The van der Waals surface area contributed by atoms with Gasteiger partial charge in [0, 0.05) is 24.9 Å². The predicted molar refractivity (Wildman–Crippen MR) is 105 cm³/mol. The average Bonchev–Trinajstić information content (AvgIpc) is 3.36. The Kier molecular flexibility index (Phi) is 5.08. The highest BCUT2D eigenvalue weighted by Gasteiger charge is 2.47. The second-order valence-electron chi connectivity index (χ2n) is 7.00. The minimum atomic E-state index is -4.46. The zero-order valence-corrected chi connectivity index (χ0v) is 16.4. The summed E-state index contributed by atoms with van der Waals surface area (Å²) in [5, 5.41) is 8.86. The first-order valence-electron chi connectivity index (χ1n) is 9.08. The highest BCUT2D eigenvalue weighted by atomic mass is 32.1. The fourth-order valence-corrected chi connectivity index (χ4v) is 4.32. The number of nitrogens with one attached hydrogen (secondary N) is 1. The van der Waals surface area contributed by atoms with Gasteiger partial charge in [0.1, 0.15) is 11.4 Å². The van der Waals surface area contributed by atoms with Crippen LogP contribution in [0, 0.1) is 0 Å². The first-order chi connectivity index (χ1) is 13.8. The highest BCUT2D eigenvalue weighted by Crippen LogP contribution is 2.45. The molecule has 29 heavy (non-hydrogen) atoms. The molecule has 0 fully saturated rings. The number of carbonyl (C=O) groups excluding carboxylic acids is 1. The van der Waals surface area contributed by atoms with Crippen LogP contribution in [0.25, 0.3) is 0 Å². The summed E-state index contributed by atoms with van der Waals surface area (Å²) in [7, 11) is 1.63. The smallest absolute Gasteiger partial charge is 0.362 e. The van der Waals surface area contributed by atoms with Crippen molar-refractivity contribution in [2.45, 2.75) is 31.2 Å². The number of fused-ring (bicyclic) bond motifs is 1. The van der Waals surface area contributed by atoms with Crippen LogP contribution < -0.4 is 5.32 Å². The van der Waals surface area contributed by atoms with Gasteiger partial charge in [0.25, 0.3) is 5.91 Å². The molecule has 4 rings (SSSR count). The van der Waals surface area contributed by atoms with E-state index >= 15 is 0 Å². The van der Waals surface area contributed by atoms with Crippen LogP contribution in [-0.4, -0.2) is 33.8 Å². The van der Waals surface area contributed by atoms with Gasteiger partial charge in [-0.2, -0.15) is 18.3 Å². The molecule has 0 bridgehead atoms. The Labute approximate surface area is 169 Å². The summed E-state index contributed by atoms with van der Waals surface area (Å²) in [5.74, 6) is -0.266. The normalized spacial score (nSPS) is 18.8. The minimum Gasteiger partial charge on any atom is -0.362 e. The van der Waals surface area contributed by atoms with E-state index in [1.54, 1.807) is 19.2 Å². The van der Waals surface area contributed by atoms with E-state index in [1.807, 2.05) is 35.7 Å². The van der Waals surface area contributed by atoms with Gasteiger partial charge in [-0.15, -0.1) is 11.3 Å². The lowest BCUT2D eigenvalue weighted by molar-refractivity contribution is -0.173. The first kappa shape index (κ1) is 19.5. The Morgan fingerprint density at radius 2 is 2.03 bits per heavy atom. The van der Waals surface area contributed by atoms with Gasteiger partial charge in [0.15, 0.2) is 6.04 Å². The Hall–Kier alpha value is -2.81. The molecule has 1 amide bonds. The monoisotopic (exact) mass is 420 g/mol. The molecule has 0 spiro atoms. The number of aromatic nitrogens is 2. The molecule has 1 N–H and O–H groups in total. The highest BCUT2D eigenvalue weighted by molar-refractivity contribution is 7.10. The van der Waals surface area contributed by atoms with Crippen LogP contribution in [0.15, 0.2) is 54.0 Å². The van der Waals surface area contributed by atoms with Crippen LogP contribution >= 0.6 is 11.3 Å². The van der Waals surface area contributed by atoms with Crippen LogP contribution in [0.1, 0.15) is 39.3 Å². The van der Waals surface area contributed by atoms with Crippen LogP contribution in [0.2, 0.25) is 0 Å². The number of amides is 1. The summed E-state index contributed by atoms with van der Waals surface area (Å²) in [4.78, 5) is 15.3. The Morgan fingerprint density at radius 3 is 2.69 bits per heavy atom. The fourth-order valence-electron chi connectivity index (χ4n) is 3.53. The maximum Gasteiger partial charge on any atom is 0.410 e. The van der Waals surface area contributed by atoms with Gasteiger partial charge in [0.2, 0.25) is 0 Å². The van der Waals surface area contributed by atoms with Crippen molar-refractivity contribution in [3.8, 4) is 0 Å². The second-order valence-corrected chi connectivity index (χ2v) is 7.98. The molecular formula is C20H19F3N4OS. The summed E-state index contributed by atoms with van der Waals surface area (Å²) in [6.45, 7) is 0.349. The summed E-state index contributed by atoms with van der Waals surface area (Å²) < 4.78 is 42.0. The minimum absolute atomic E-state index is 0.113. The standard InChI is InChI=1S/C20H19F3N4OS/c1-26(12-13-6-3-2-4-7-13)19(28)14-11-24-27-17(20(21,22)23)10-15(25-18(14)27)16-8-5-9-29-16/h2-9,11,15,17,25H,10,12H2,1H3/t15-,17+/m0/s1. The maximum atomic E-state index is 13.7. The van der Waals surface area contributed by atoms with Gasteiger partial charge in [-0.3, -0.25) is 4.79 Å². The molecule has 1 aromatic carbocycles. The van der Waals surface area contributed by atoms with Crippen LogP contribution in [0.3, 0.4) is 0 Å². The number of halogens is 3. The number of nitrogens with zero attached hydrogens (tertiary/aromatic N) is 3. The molecule has 0 saturated heterocycles. The summed E-state index contributed by atoms with van der Waals surface area (Å²) >= 11 is 1.39. The maximum absolute atomic E-state index is 13.7. The molecule has 152 valence electrons. The molecule has 2 atom stereocenters. The van der Waals surface area contributed by atoms with Gasteiger partial charge in [-0.05, 0) is 17.0 Å². The van der Waals surface area contributed by atoms with E-state index in [-0.39, 0.29) is 23.7 Å². The van der Waals surface area contributed by atoms with Crippen molar-refractivity contribution < 1.29 is 18.0 Å². The number of alkyl halides is 3. The van der Waals surface area contributed by atoms with Gasteiger partial charge in [-0.25, -0.2) is 4.68 Å². The average molecular weight is 420 g/mol. The van der Waals surface area contributed by atoms with Crippen molar-refractivity contribution in [1.29, 1.82) is 0 Å². The molecule has 3 aromatic rings. The summed E-state index contributed by atoms with van der Waals surface area (Å²) in [6.07, 6.45) is -3.41. The van der Waals surface area contributed by atoms with E-state index in [0.29, 0.717) is 6.54 Å². The van der Waals surface area contributed by atoms with Crippen LogP contribution in [0.4, 0.5) is 19.0 Å².